The fraction of sp³-hybridized carbons (Fsp3) is 0.833. The quantitative estimate of drug-likeness (QED) is 0.611. The van der Waals surface area contributed by atoms with E-state index in [1.165, 1.54) is 11.8 Å². The average Bonchev–Trinajstić information content (AvgIpc) is 1.97. The van der Waals surface area contributed by atoms with Crippen LogP contribution in [0.2, 0.25) is 0 Å². The second kappa shape index (κ2) is 6.82. The van der Waals surface area contributed by atoms with E-state index in [4.69, 9.17) is 5.11 Å². The molecule has 0 aliphatic rings. The van der Waals surface area contributed by atoms with Crippen molar-refractivity contribution in [3.63, 3.8) is 0 Å². The first-order valence-corrected chi connectivity index (χ1v) is 5.95. The van der Waals surface area contributed by atoms with Gasteiger partial charge in [0.2, 0.25) is 0 Å². The molecule has 0 aliphatic heterocycles. The lowest BCUT2D eigenvalue weighted by molar-refractivity contribution is -0.138. The number of hydrogen-bond donors (Lipinski definition) is 2. The maximum Gasteiger partial charge on any atom is 0.321 e. The highest BCUT2D eigenvalue weighted by molar-refractivity contribution is 7.98. The summed E-state index contributed by atoms with van der Waals surface area (Å²) < 4.78 is 0. The highest BCUT2D eigenvalue weighted by atomic mass is 32.2. The van der Waals surface area contributed by atoms with Crippen LogP contribution in [0.1, 0.15) is 0 Å². The molecule has 0 aliphatic carbocycles. The van der Waals surface area contributed by atoms with Gasteiger partial charge in [0, 0.05) is 11.6 Å². The summed E-state index contributed by atoms with van der Waals surface area (Å²) >= 11 is 3.13. The minimum absolute atomic E-state index is 0.405. The maximum atomic E-state index is 10.5. The van der Waals surface area contributed by atoms with Gasteiger partial charge in [-0.1, -0.05) is 0 Å². The fourth-order valence-corrected chi connectivity index (χ4v) is 1.53. The average molecular weight is 195 g/mol. The van der Waals surface area contributed by atoms with Crippen molar-refractivity contribution in [3.8, 4) is 0 Å². The number of rotatable bonds is 6. The van der Waals surface area contributed by atoms with Gasteiger partial charge in [-0.3, -0.25) is 10.1 Å². The monoisotopic (exact) mass is 195 g/mol. The third-order valence-electron chi connectivity index (χ3n) is 1.11. The minimum atomic E-state index is -0.770. The van der Waals surface area contributed by atoms with E-state index in [0.717, 1.165) is 0 Å². The van der Waals surface area contributed by atoms with Crippen LogP contribution in [-0.4, -0.2) is 41.3 Å². The van der Waals surface area contributed by atoms with Crippen molar-refractivity contribution in [2.45, 2.75) is 6.04 Å². The Morgan fingerprint density at radius 1 is 1.55 bits per heavy atom. The molecular formula is C6H13NO2S2. The molecular weight excluding hydrogens is 182 g/mol. The van der Waals surface area contributed by atoms with Crippen molar-refractivity contribution in [3.05, 3.63) is 0 Å². The molecule has 0 radical (unpaired) electrons. The molecule has 0 heterocycles. The number of carboxylic acids is 1. The summed E-state index contributed by atoms with van der Waals surface area (Å²) in [7, 11) is 0. The molecule has 66 valence electrons. The SMILES string of the molecule is CSCN[C@@H](CSC)C(=O)O. The summed E-state index contributed by atoms with van der Waals surface area (Å²) in [6, 6.07) is -0.405. The lowest BCUT2D eigenvalue weighted by Gasteiger charge is -2.11. The van der Waals surface area contributed by atoms with Crippen LogP contribution >= 0.6 is 23.5 Å². The first-order valence-electron chi connectivity index (χ1n) is 3.16. The smallest absolute Gasteiger partial charge is 0.321 e. The molecule has 1 atom stereocenters. The maximum absolute atomic E-state index is 10.5. The van der Waals surface area contributed by atoms with Crippen molar-refractivity contribution < 1.29 is 9.90 Å². The van der Waals surface area contributed by atoms with Crippen LogP contribution in [-0.2, 0) is 4.79 Å². The number of carbonyl (C=O) groups is 1. The second-order valence-electron chi connectivity index (χ2n) is 1.98. The number of aliphatic carboxylic acids is 1. The molecule has 0 aromatic carbocycles. The lowest BCUT2D eigenvalue weighted by atomic mass is 10.3. The van der Waals surface area contributed by atoms with Gasteiger partial charge in [0.05, 0.1) is 0 Å². The Labute approximate surface area is 75.3 Å². The first-order chi connectivity index (χ1) is 5.22. The van der Waals surface area contributed by atoms with Gasteiger partial charge < -0.3 is 5.11 Å². The van der Waals surface area contributed by atoms with Crippen molar-refractivity contribution in [1.82, 2.24) is 5.32 Å². The van der Waals surface area contributed by atoms with E-state index >= 15 is 0 Å². The van der Waals surface area contributed by atoms with Gasteiger partial charge in [-0.2, -0.15) is 11.8 Å². The van der Waals surface area contributed by atoms with Gasteiger partial charge in [-0.15, -0.1) is 11.8 Å². The molecule has 0 unspecified atom stereocenters. The van der Waals surface area contributed by atoms with Gasteiger partial charge in [-0.05, 0) is 12.5 Å². The Kier molecular flexibility index (Phi) is 6.90. The zero-order chi connectivity index (χ0) is 8.69. The zero-order valence-electron chi connectivity index (χ0n) is 6.66. The molecule has 0 aromatic heterocycles. The molecule has 11 heavy (non-hydrogen) atoms. The highest BCUT2D eigenvalue weighted by Gasteiger charge is 2.14. The molecule has 0 amide bonds. The number of hydrogen-bond acceptors (Lipinski definition) is 4. The van der Waals surface area contributed by atoms with Crippen molar-refractivity contribution in [1.29, 1.82) is 0 Å². The van der Waals surface area contributed by atoms with E-state index in [2.05, 4.69) is 5.32 Å². The van der Waals surface area contributed by atoms with Gasteiger partial charge in [0.1, 0.15) is 6.04 Å². The highest BCUT2D eigenvalue weighted by Crippen LogP contribution is 1.98. The van der Waals surface area contributed by atoms with E-state index < -0.39 is 12.0 Å². The zero-order valence-corrected chi connectivity index (χ0v) is 8.30. The number of thioether (sulfide) groups is 2. The van der Waals surface area contributed by atoms with E-state index in [1.54, 1.807) is 11.8 Å². The van der Waals surface area contributed by atoms with Crippen LogP contribution < -0.4 is 5.32 Å². The molecule has 0 spiro atoms. The van der Waals surface area contributed by atoms with Crippen molar-refractivity contribution in [2.75, 3.05) is 24.1 Å². The Hall–Kier alpha value is 0.130. The Bertz CT molecular complexity index is 121. The van der Waals surface area contributed by atoms with Gasteiger partial charge in [-0.25, -0.2) is 0 Å². The van der Waals surface area contributed by atoms with Crippen LogP contribution in [0.25, 0.3) is 0 Å². The Morgan fingerprint density at radius 3 is 2.55 bits per heavy atom. The van der Waals surface area contributed by atoms with Crippen LogP contribution in [0.15, 0.2) is 0 Å². The topological polar surface area (TPSA) is 49.3 Å². The van der Waals surface area contributed by atoms with Crippen molar-refractivity contribution >= 4 is 29.5 Å². The summed E-state index contributed by atoms with van der Waals surface area (Å²) in [5, 5.41) is 11.6. The molecule has 5 heteroatoms. The Morgan fingerprint density at radius 2 is 2.18 bits per heavy atom. The Balaban J connectivity index is 3.60. The number of carboxylic acid groups (broad SMARTS) is 1. The van der Waals surface area contributed by atoms with Crippen LogP contribution in [0.4, 0.5) is 0 Å². The molecule has 3 nitrogen and oxygen atoms in total. The summed E-state index contributed by atoms with van der Waals surface area (Å²) in [5.41, 5.74) is 0. The first kappa shape index (κ1) is 11.1. The second-order valence-corrected chi connectivity index (χ2v) is 3.76. The molecule has 0 saturated heterocycles. The molecule has 0 rings (SSSR count). The normalized spacial score (nSPS) is 12.9. The predicted octanol–water partition coefficient (Wildman–Crippen LogP) is 0.713. The fourth-order valence-electron chi connectivity index (χ4n) is 0.568. The van der Waals surface area contributed by atoms with Crippen LogP contribution in [0, 0.1) is 0 Å². The molecule has 0 saturated carbocycles. The van der Waals surface area contributed by atoms with Crippen LogP contribution in [0.3, 0.4) is 0 Å². The third kappa shape index (κ3) is 5.41. The minimum Gasteiger partial charge on any atom is -0.480 e. The van der Waals surface area contributed by atoms with Gasteiger partial charge in [0.25, 0.3) is 0 Å². The summed E-state index contributed by atoms with van der Waals surface area (Å²) in [6.45, 7) is 0. The number of nitrogens with one attached hydrogen (secondary N) is 1. The molecule has 2 N–H and O–H groups in total. The molecule has 0 fully saturated rings. The lowest BCUT2D eigenvalue weighted by Crippen LogP contribution is -2.38. The van der Waals surface area contributed by atoms with Gasteiger partial charge >= 0.3 is 5.97 Å². The summed E-state index contributed by atoms with van der Waals surface area (Å²) in [5.74, 6) is 0.543. The largest absolute Gasteiger partial charge is 0.480 e. The van der Waals surface area contributed by atoms with Crippen molar-refractivity contribution in [2.24, 2.45) is 0 Å². The third-order valence-corrected chi connectivity index (χ3v) is 2.23. The predicted molar refractivity (Wildman–Crippen MR) is 51.3 cm³/mol. The van der Waals surface area contributed by atoms with E-state index in [0.29, 0.717) is 11.6 Å². The standard InChI is InChI=1S/C6H13NO2S2/c1-10-3-5(6(8)9)7-4-11-2/h5,7H,3-4H2,1-2H3,(H,8,9)/t5-/m0/s1. The summed E-state index contributed by atoms with van der Waals surface area (Å²) in [6.07, 6.45) is 3.84. The van der Waals surface area contributed by atoms with Crippen LogP contribution in [0.5, 0.6) is 0 Å². The molecule has 0 aromatic rings. The molecule has 0 bridgehead atoms. The van der Waals surface area contributed by atoms with Gasteiger partial charge in [0.15, 0.2) is 0 Å². The van der Waals surface area contributed by atoms with E-state index in [-0.39, 0.29) is 0 Å². The van der Waals surface area contributed by atoms with E-state index in [1.807, 2.05) is 12.5 Å². The van der Waals surface area contributed by atoms with E-state index in [9.17, 15) is 4.79 Å². The summed E-state index contributed by atoms with van der Waals surface area (Å²) in [4.78, 5) is 10.5.